The fraction of sp³-hybridized carbons (Fsp3) is 0.630. The fourth-order valence-corrected chi connectivity index (χ4v) is 5.74. The number of carbonyl (C=O) groups is 4. The molecule has 2 atom stereocenters. The van der Waals surface area contributed by atoms with E-state index in [4.69, 9.17) is 4.74 Å². The van der Waals surface area contributed by atoms with E-state index in [1.165, 1.54) is 0 Å². The van der Waals surface area contributed by atoms with Crippen molar-refractivity contribution in [1.29, 1.82) is 0 Å². The summed E-state index contributed by atoms with van der Waals surface area (Å²) in [5.41, 5.74) is 0.772. The molecule has 1 aliphatic heterocycles. The van der Waals surface area contributed by atoms with Gasteiger partial charge in [0.05, 0.1) is 19.4 Å². The zero-order valence-corrected chi connectivity index (χ0v) is 24.6. The molecule has 13 nitrogen and oxygen atoms in total. The lowest BCUT2D eigenvalue weighted by molar-refractivity contribution is -0.139. The monoisotopic (exact) mass is 597 g/mol. The van der Waals surface area contributed by atoms with Crippen molar-refractivity contribution in [1.82, 2.24) is 26.0 Å². The highest BCUT2D eigenvalue weighted by atomic mass is 32.2. The second-order valence-corrected chi connectivity index (χ2v) is 12.0. The van der Waals surface area contributed by atoms with Gasteiger partial charge in [-0.15, -0.1) is 0 Å². The third-order valence-electron chi connectivity index (χ3n) is 6.80. The zero-order valence-electron chi connectivity index (χ0n) is 23.7. The number of ether oxygens (including phenoxy) is 1. The molecule has 6 N–H and O–H groups in total. The maximum Gasteiger partial charge on any atom is 0.323 e. The van der Waals surface area contributed by atoms with Gasteiger partial charge in [0, 0.05) is 19.4 Å². The van der Waals surface area contributed by atoms with Crippen LogP contribution in [0.15, 0.2) is 24.3 Å². The average Bonchev–Trinajstić information content (AvgIpc) is 2.96. The van der Waals surface area contributed by atoms with Crippen molar-refractivity contribution in [2.45, 2.75) is 64.0 Å². The molecule has 2 rings (SSSR count). The molecule has 1 fully saturated rings. The maximum absolute atomic E-state index is 13.0. The average molecular weight is 598 g/mol. The molecule has 14 heteroatoms. The standard InChI is InChI=1S/C27H43N5O8S/c1-3-4-15-41(38,39)32-23(27(36)37)17-29-25(34)18-30-26(35)22(16-20-5-8-21(40-2)9-6-20)31-24(33)10-7-19-11-13-28-14-12-19/h5-6,8-9,19,22-23,28,32H,3-4,7,10-18H2,1-2H3,(H,29,34)(H,30,35)(H,31,33)(H,36,37). The third kappa shape index (κ3) is 13.3. The summed E-state index contributed by atoms with van der Waals surface area (Å²) in [7, 11) is -2.29. The van der Waals surface area contributed by atoms with E-state index in [1.807, 2.05) is 0 Å². The predicted molar refractivity (Wildman–Crippen MR) is 153 cm³/mol. The second-order valence-electron chi connectivity index (χ2n) is 10.1. The summed E-state index contributed by atoms with van der Waals surface area (Å²) in [6.07, 6.45) is 4.17. The number of methoxy groups -OCH3 is 1. The first kappa shape index (κ1) is 34.0. The molecule has 230 valence electrons. The maximum atomic E-state index is 13.0. The Balaban J connectivity index is 1.94. The molecule has 0 aromatic heterocycles. The molecule has 0 bridgehead atoms. The van der Waals surface area contributed by atoms with Crippen molar-refractivity contribution in [3.8, 4) is 5.75 Å². The van der Waals surface area contributed by atoms with Crippen molar-refractivity contribution in [2.75, 3.05) is 39.0 Å². The molecule has 0 spiro atoms. The van der Waals surface area contributed by atoms with Gasteiger partial charge in [0.1, 0.15) is 17.8 Å². The molecule has 0 aliphatic carbocycles. The topological polar surface area (TPSA) is 192 Å². The summed E-state index contributed by atoms with van der Waals surface area (Å²) in [6.45, 7) is 2.67. The molecule has 1 aliphatic rings. The summed E-state index contributed by atoms with van der Waals surface area (Å²) in [5.74, 6) is -2.13. The van der Waals surface area contributed by atoms with Gasteiger partial charge in [0.25, 0.3) is 0 Å². The van der Waals surface area contributed by atoms with Crippen molar-refractivity contribution < 1.29 is 37.4 Å². The molecule has 1 saturated heterocycles. The lowest BCUT2D eigenvalue weighted by atomic mass is 9.93. The highest BCUT2D eigenvalue weighted by Gasteiger charge is 2.26. The van der Waals surface area contributed by atoms with Gasteiger partial charge in [-0.05, 0) is 62.4 Å². The Morgan fingerprint density at radius 3 is 2.34 bits per heavy atom. The van der Waals surface area contributed by atoms with E-state index in [9.17, 15) is 32.7 Å². The Bertz CT molecular complexity index is 1110. The minimum atomic E-state index is -3.83. The van der Waals surface area contributed by atoms with Crippen LogP contribution in [0.2, 0.25) is 0 Å². The smallest absolute Gasteiger partial charge is 0.323 e. The number of carboxylic acid groups (broad SMARTS) is 1. The van der Waals surface area contributed by atoms with Gasteiger partial charge < -0.3 is 31.1 Å². The number of piperidine rings is 1. The summed E-state index contributed by atoms with van der Waals surface area (Å²) >= 11 is 0. The van der Waals surface area contributed by atoms with Gasteiger partial charge in [-0.1, -0.05) is 25.5 Å². The first-order valence-corrected chi connectivity index (χ1v) is 15.6. The molecular formula is C27H43N5O8S. The van der Waals surface area contributed by atoms with Crippen LogP contribution in [0.4, 0.5) is 0 Å². The zero-order chi connectivity index (χ0) is 30.3. The largest absolute Gasteiger partial charge is 0.497 e. The lowest BCUT2D eigenvalue weighted by Gasteiger charge is -2.23. The summed E-state index contributed by atoms with van der Waals surface area (Å²) in [6, 6.07) is 4.53. The van der Waals surface area contributed by atoms with Crippen molar-refractivity contribution in [3.05, 3.63) is 29.8 Å². The number of amides is 3. The number of sulfonamides is 1. The second kappa shape index (κ2) is 17.6. The number of hydrogen-bond donors (Lipinski definition) is 6. The number of unbranched alkanes of at least 4 members (excludes halogenated alkanes) is 1. The SMILES string of the molecule is CCCCS(=O)(=O)NC(CNC(=O)CNC(=O)C(Cc1ccc(OC)cc1)NC(=O)CCC1CCNCC1)C(=O)O. The van der Waals surface area contributed by atoms with E-state index in [0.717, 1.165) is 37.9 Å². The van der Waals surface area contributed by atoms with E-state index >= 15 is 0 Å². The molecule has 1 heterocycles. The normalized spacial score (nSPS) is 15.4. The highest BCUT2D eigenvalue weighted by Crippen LogP contribution is 2.18. The van der Waals surface area contributed by atoms with Crippen LogP contribution in [0, 0.1) is 5.92 Å². The summed E-state index contributed by atoms with van der Waals surface area (Å²) in [5, 5.41) is 20.2. The fourth-order valence-electron chi connectivity index (χ4n) is 4.34. The van der Waals surface area contributed by atoms with Crippen molar-refractivity contribution in [2.24, 2.45) is 5.92 Å². The Hall–Kier alpha value is -3.23. The van der Waals surface area contributed by atoms with Gasteiger partial charge >= 0.3 is 5.97 Å². The molecule has 0 saturated carbocycles. The van der Waals surface area contributed by atoms with E-state index in [-0.39, 0.29) is 24.5 Å². The van der Waals surface area contributed by atoms with Crippen LogP contribution < -0.4 is 30.7 Å². The van der Waals surface area contributed by atoms with Crippen LogP contribution in [0.5, 0.6) is 5.75 Å². The molecule has 3 amide bonds. The Morgan fingerprint density at radius 1 is 1.05 bits per heavy atom. The molecular weight excluding hydrogens is 554 g/mol. The third-order valence-corrected chi connectivity index (χ3v) is 8.27. The van der Waals surface area contributed by atoms with Crippen LogP contribution in [0.25, 0.3) is 0 Å². The number of benzene rings is 1. The van der Waals surface area contributed by atoms with E-state index in [1.54, 1.807) is 38.3 Å². The molecule has 1 aromatic rings. The minimum absolute atomic E-state index is 0.178. The van der Waals surface area contributed by atoms with Gasteiger partial charge in [-0.2, -0.15) is 4.72 Å². The Labute approximate surface area is 241 Å². The molecule has 2 unspecified atom stereocenters. The Morgan fingerprint density at radius 2 is 1.73 bits per heavy atom. The van der Waals surface area contributed by atoms with Gasteiger partial charge in [-0.3, -0.25) is 19.2 Å². The van der Waals surface area contributed by atoms with Crippen LogP contribution in [0.1, 0.15) is 51.0 Å². The molecule has 0 radical (unpaired) electrons. The van der Waals surface area contributed by atoms with Gasteiger partial charge in [0.15, 0.2) is 0 Å². The quantitative estimate of drug-likeness (QED) is 0.134. The van der Waals surface area contributed by atoms with Crippen LogP contribution in [0.3, 0.4) is 0 Å². The van der Waals surface area contributed by atoms with Crippen molar-refractivity contribution in [3.63, 3.8) is 0 Å². The van der Waals surface area contributed by atoms with Crippen LogP contribution in [-0.2, 0) is 35.6 Å². The first-order chi connectivity index (χ1) is 19.5. The van der Waals surface area contributed by atoms with Crippen molar-refractivity contribution >= 4 is 33.7 Å². The first-order valence-electron chi connectivity index (χ1n) is 13.9. The predicted octanol–water partition coefficient (Wildman–Crippen LogP) is -0.0926. The van der Waals surface area contributed by atoms with E-state index < -0.39 is 53.0 Å². The van der Waals surface area contributed by atoms with Crippen LogP contribution in [-0.4, -0.2) is 88.3 Å². The number of aliphatic carboxylic acids is 1. The number of hydrogen-bond acceptors (Lipinski definition) is 8. The number of carboxylic acids is 1. The lowest BCUT2D eigenvalue weighted by Crippen LogP contribution is -2.52. The van der Waals surface area contributed by atoms with E-state index in [2.05, 4.69) is 26.0 Å². The van der Waals surface area contributed by atoms with Gasteiger partial charge in [-0.25, -0.2) is 8.42 Å². The van der Waals surface area contributed by atoms with E-state index in [0.29, 0.717) is 24.5 Å². The molecule has 1 aromatic carbocycles. The highest BCUT2D eigenvalue weighted by molar-refractivity contribution is 7.89. The molecule has 41 heavy (non-hydrogen) atoms. The van der Waals surface area contributed by atoms with Crippen LogP contribution >= 0.6 is 0 Å². The summed E-state index contributed by atoms with van der Waals surface area (Å²) < 4.78 is 31.4. The number of nitrogens with one attached hydrogen (secondary N) is 5. The number of carbonyl (C=O) groups excluding carboxylic acids is 3. The minimum Gasteiger partial charge on any atom is -0.497 e. The Kier molecular flexibility index (Phi) is 14.5. The van der Waals surface area contributed by atoms with Gasteiger partial charge in [0.2, 0.25) is 27.7 Å². The summed E-state index contributed by atoms with van der Waals surface area (Å²) in [4.78, 5) is 49.6. The number of rotatable bonds is 18.